The van der Waals surface area contributed by atoms with Gasteiger partial charge in [-0.15, -0.1) is 0 Å². The molecule has 0 atom stereocenters. The number of rotatable bonds is 8. The van der Waals surface area contributed by atoms with E-state index in [0.29, 0.717) is 0 Å². The van der Waals surface area contributed by atoms with Crippen molar-refractivity contribution in [3.05, 3.63) is 42.0 Å². The van der Waals surface area contributed by atoms with Crippen LogP contribution in [0.15, 0.2) is 30.8 Å². The molecule has 19 heavy (non-hydrogen) atoms. The van der Waals surface area contributed by atoms with Crippen molar-refractivity contribution in [3.8, 4) is 0 Å². The predicted molar refractivity (Wildman–Crippen MR) is 81.4 cm³/mol. The molecule has 0 saturated heterocycles. The van der Waals surface area contributed by atoms with Crippen molar-refractivity contribution < 1.29 is 21.5 Å². The van der Waals surface area contributed by atoms with Gasteiger partial charge in [0, 0.05) is 5.56 Å². The van der Waals surface area contributed by atoms with E-state index in [1.807, 2.05) is 6.08 Å². The molecule has 1 aromatic rings. The molecule has 1 nitrogen and oxygen atoms in total. The molecule has 0 aliphatic carbocycles. The van der Waals surface area contributed by atoms with Gasteiger partial charge in [-0.25, -0.2) is 0 Å². The number of halogens is 1. The van der Waals surface area contributed by atoms with Crippen molar-refractivity contribution in [2.75, 3.05) is 19.6 Å². The van der Waals surface area contributed by atoms with Crippen LogP contribution in [0.3, 0.4) is 0 Å². The first-order valence-electron chi connectivity index (χ1n) is 7.26. The maximum Gasteiger partial charge on any atom is 0.104 e. The van der Waals surface area contributed by atoms with Crippen molar-refractivity contribution >= 4 is 6.08 Å². The first-order valence-corrected chi connectivity index (χ1v) is 7.26. The van der Waals surface area contributed by atoms with Gasteiger partial charge in [0.25, 0.3) is 0 Å². The lowest BCUT2D eigenvalue weighted by Gasteiger charge is -2.37. The van der Waals surface area contributed by atoms with Gasteiger partial charge in [-0.2, -0.15) is 0 Å². The summed E-state index contributed by atoms with van der Waals surface area (Å²) >= 11 is 0. The Bertz CT molecular complexity index is 350. The fourth-order valence-corrected chi connectivity index (χ4v) is 2.79. The zero-order valence-corrected chi connectivity index (χ0v) is 14.2. The second-order valence-corrected chi connectivity index (χ2v) is 5.21. The number of hydrogen-bond donors (Lipinski definition) is 0. The van der Waals surface area contributed by atoms with Crippen LogP contribution >= 0.6 is 0 Å². The topological polar surface area (TPSA) is 0 Å². The van der Waals surface area contributed by atoms with Crippen molar-refractivity contribution in [3.63, 3.8) is 0 Å². The Balaban J connectivity index is 0.00000324. The zero-order valence-electron chi connectivity index (χ0n) is 12.7. The summed E-state index contributed by atoms with van der Waals surface area (Å²) in [6, 6.07) is 8.85. The van der Waals surface area contributed by atoms with Crippen molar-refractivity contribution in [1.82, 2.24) is 0 Å². The Labute approximate surface area is 129 Å². The SMILES string of the molecule is C=Cc1ccc(C[N+](CC)(CCC)CCC)cc1.[Br-]. The highest BCUT2D eigenvalue weighted by atomic mass is 79.9. The van der Waals surface area contributed by atoms with E-state index in [2.05, 4.69) is 51.6 Å². The van der Waals surface area contributed by atoms with Crippen molar-refractivity contribution in [2.24, 2.45) is 0 Å². The molecular weight excluding hydrogens is 298 g/mol. The van der Waals surface area contributed by atoms with Crippen LogP contribution in [0, 0.1) is 0 Å². The van der Waals surface area contributed by atoms with Crippen LogP contribution in [0.1, 0.15) is 44.7 Å². The average molecular weight is 326 g/mol. The Kier molecular flexibility index (Phi) is 9.03. The molecule has 2 heteroatoms. The summed E-state index contributed by atoms with van der Waals surface area (Å²) < 4.78 is 1.22. The molecule has 0 N–H and O–H groups in total. The quantitative estimate of drug-likeness (QED) is 0.635. The van der Waals surface area contributed by atoms with Crippen LogP contribution in [0.2, 0.25) is 0 Å². The lowest BCUT2D eigenvalue weighted by atomic mass is 10.1. The van der Waals surface area contributed by atoms with Gasteiger partial charge in [0.05, 0.1) is 19.6 Å². The van der Waals surface area contributed by atoms with Gasteiger partial charge in [0.2, 0.25) is 0 Å². The fourth-order valence-electron chi connectivity index (χ4n) is 2.79. The van der Waals surface area contributed by atoms with E-state index in [4.69, 9.17) is 0 Å². The zero-order chi connectivity index (χ0) is 13.4. The summed E-state index contributed by atoms with van der Waals surface area (Å²) in [5.41, 5.74) is 2.66. The minimum Gasteiger partial charge on any atom is -1.00 e. The molecule has 0 aliphatic rings. The van der Waals surface area contributed by atoms with E-state index in [0.717, 1.165) is 6.54 Å². The first kappa shape index (κ1) is 18.4. The molecule has 0 heterocycles. The second-order valence-electron chi connectivity index (χ2n) is 5.21. The number of hydrogen-bond acceptors (Lipinski definition) is 0. The summed E-state index contributed by atoms with van der Waals surface area (Å²) in [6.07, 6.45) is 4.43. The Morgan fingerprint density at radius 2 is 1.53 bits per heavy atom. The smallest absolute Gasteiger partial charge is 0.104 e. The van der Waals surface area contributed by atoms with Gasteiger partial charge < -0.3 is 21.5 Å². The third-order valence-electron chi connectivity index (χ3n) is 3.80. The summed E-state index contributed by atoms with van der Waals surface area (Å²) in [7, 11) is 0. The molecule has 0 spiro atoms. The van der Waals surface area contributed by atoms with Gasteiger partial charge in [-0.3, -0.25) is 0 Å². The van der Waals surface area contributed by atoms with Crippen LogP contribution in [-0.4, -0.2) is 24.1 Å². The molecule has 1 aromatic carbocycles. The highest BCUT2D eigenvalue weighted by Gasteiger charge is 2.23. The molecular formula is C17H28BrN. The minimum absolute atomic E-state index is 0. The molecule has 108 valence electrons. The van der Waals surface area contributed by atoms with Crippen LogP contribution in [0.5, 0.6) is 0 Å². The molecule has 0 bridgehead atoms. The lowest BCUT2D eigenvalue weighted by molar-refractivity contribution is -0.939. The number of benzene rings is 1. The Morgan fingerprint density at radius 3 is 1.89 bits per heavy atom. The van der Waals surface area contributed by atoms with E-state index in [-0.39, 0.29) is 17.0 Å². The van der Waals surface area contributed by atoms with Gasteiger partial charge in [-0.1, -0.05) is 50.8 Å². The summed E-state index contributed by atoms with van der Waals surface area (Å²) in [5.74, 6) is 0. The van der Waals surface area contributed by atoms with Crippen LogP contribution in [0.4, 0.5) is 0 Å². The standard InChI is InChI=1S/C17H28N.BrH/c1-5-13-18(8-4,14-6-2)15-17-11-9-16(7-3)10-12-17;/h7,9-12H,3,5-6,8,13-15H2,1-2,4H3;1H/q+1;/p-1. The summed E-state index contributed by atoms with van der Waals surface area (Å²) in [4.78, 5) is 0. The molecule has 0 amide bonds. The van der Waals surface area contributed by atoms with Crippen LogP contribution < -0.4 is 17.0 Å². The maximum atomic E-state index is 3.81. The number of nitrogens with zero attached hydrogens (tertiary/aromatic N) is 1. The van der Waals surface area contributed by atoms with Gasteiger partial charge >= 0.3 is 0 Å². The first-order chi connectivity index (χ1) is 8.69. The molecule has 0 aromatic heterocycles. The van der Waals surface area contributed by atoms with Crippen LogP contribution in [0.25, 0.3) is 6.08 Å². The molecule has 0 unspecified atom stereocenters. The van der Waals surface area contributed by atoms with E-state index >= 15 is 0 Å². The maximum absolute atomic E-state index is 3.81. The fraction of sp³-hybridized carbons (Fsp3) is 0.529. The highest BCUT2D eigenvalue weighted by molar-refractivity contribution is 5.47. The van der Waals surface area contributed by atoms with Crippen molar-refractivity contribution in [1.29, 1.82) is 0 Å². The van der Waals surface area contributed by atoms with Gasteiger partial charge in [0.15, 0.2) is 0 Å². The van der Waals surface area contributed by atoms with E-state index in [1.54, 1.807) is 0 Å². The van der Waals surface area contributed by atoms with Gasteiger partial charge in [-0.05, 0) is 25.3 Å². The Morgan fingerprint density at radius 1 is 1.00 bits per heavy atom. The second kappa shape index (κ2) is 9.33. The number of quaternary nitrogens is 1. The third kappa shape index (κ3) is 5.50. The molecule has 0 saturated carbocycles. The van der Waals surface area contributed by atoms with Crippen LogP contribution in [-0.2, 0) is 6.54 Å². The van der Waals surface area contributed by atoms with E-state index in [1.165, 1.54) is 48.1 Å². The molecule has 1 rings (SSSR count). The monoisotopic (exact) mass is 325 g/mol. The Hall–Kier alpha value is -0.600. The van der Waals surface area contributed by atoms with E-state index < -0.39 is 0 Å². The summed E-state index contributed by atoms with van der Waals surface area (Å²) in [5, 5.41) is 0. The molecule has 0 radical (unpaired) electrons. The highest BCUT2D eigenvalue weighted by Crippen LogP contribution is 2.17. The molecule has 0 fully saturated rings. The van der Waals surface area contributed by atoms with Gasteiger partial charge in [0.1, 0.15) is 6.54 Å². The minimum atomic E-state index is 0. The lowest BCUT2D eigenvalue weighted by Crippen LogP contribution is -3.00. The average Bonchev–Trinajstić information content (AvgIpc) is 2.40. The predicted octanol–water partition coefficient (Wildman–Crippen LogP) is 1.49. The largest absolute Gasteiger partial charge is 1.00 e. The normalized spacial score (nSPS) is 10.9. The van der Waals surface area contributed by atoms with E-state index in [9.17, 15) is 0 Å². The summed E-state index contributed by atoms with van der Waals surface area (Å²) in [6.45, 7) is 15.7. The van der Waals surface area contributed by atoms with Crippen molar-refractivity contribution in [2.45, 2.75) is 40.2 Å². The third-order valence-corrected chi connectivity index (χ3v) is 3.80. The molecule has 0 aliphatic heterocycles.